The lowest BCUT2D eigenvalue weighted by atomic mass is 9.95. The maximum absolute atomic E-state index is 5.99. The highest BCUT2D eigenvalue weighted by atomic mass is 16.7. The number of hydrogen-bond acceptors (Lipinski definition) is 4. The molecule has 0 radical (unpaired) electrons. The topological polar surface area (TPSA) is 64.1 Å². The molecule has 2 N–H and O–H groups in total. The molecule has 148 valence electrons. The molecule has 0 amide bonds. The minimum absolute atomic E-state index is 0.144. The second kappa shape index (κ2) is 8.97. The van der Waals surface area contributed by atoms with Crippen molar-refractivity contribution in [2.75, 3.05) is 26.5 Å². The second-order valence-corrected chi connectivity index (χ2v) is 7.01. The summed E-state index contributed by atoms with van der Waals surface area (Å²) < 4.78 is 16.8. The van der Waals surface area contributed by atoms with Gasteiger partial charge in [0, 0.05) is 25.6 Å². The summed E-state index contributed by atoms with van der Waals surface area (Å²) in [6.07, 6.45) is 1.19. The highest BCUT2D eigenvalue weighted by Gasteiger charge is 2.29. The Morgan fingerprint density at radius 3 is 2.79 bits per heavy atom. The van der Waals surface area contributed by atoms with E-state index in [1.807, 2.05) is 24.3 Å². The molecule has 2 aliphatic rings. The number of nitrogens with one attached hydrogen (secondary N) is 2. The fourth-order valence-electron chi connectivity index (χ4n) is 3.63. The lowest BCUT2D eigenvalue weighted by Crippen LogP contribution is -2.40. The quantitative estimate of drug-likeness (QED) is 0.594. The van der Waals surface area contributed by atoms with Gasteiger partial charge in [-0.15, -0.1) is 0 Å². The van der Waals surface area contributed by atoms with Crippen molar-refractivity contribution in [2.45, 2.75) is 26.0 Å². The molecule has 2 unspecified atom stereocenters. The van der Waals surface area contributed by atoms with E-state index in [1.165, 1.54) is 5.56 Å². The first-order valence-electron chi connectivity index (χ1n) is 9.90. The lowest BCUT2D eigenvalue weighted by molar-refractivity contribution is 0.0915. The summed E-state index contributed by atoms with van der Waals surface area (Å²) >= 11 is 0. The first kappa shape index (κ1) is 18.6. The number of guanidine groups is 1. The maximum atomic E-state index is 5.99. The average Bonchev–Trinajstić information content (AvgIpc) is 3.39. The zero-order valence-electron chi connectivity index (χ0n) is 16.2. The van der Waals surface area contributed by atoms with Gasteiger partial charge in [-0.3, -0.25) is 0 Å². The molecule has 2 aliphatic heterocycles. The highest BCUT2D eigenvalue weighted by Crippen LogP contribution is 2.34. The normalized spacial score (nSPS) is 21.0. The van der Waals surface area contributed by atoms with Crippen LogP contribution in [-0.4, -0.2) is 32.4 Å². The average molecular weight is 381 g/mol. The van der Waals surface area contributed by atoms with Gasteiger partial charge in [-0.05, 0) is 36.6 Å². The summed E-state index contributed by atoms with van der Waals surface area (Å²) in [5.41, 5.74) is 2.34. The van der Waals surface area contributed by atoms with Crippen LogP contribution in [0.2, 0.25) is 0 Å². The van der Waals surface area contributed by atoms with Crippen molar-refractivity contribution in [1.29, 1.82) is 0 Å². The summed E-state index contributed by atoms with van der Waals surface area (Å²) in [7, 11) is 0. The van der Waals surface area contributed by atoms with Gasteiger partial charge in [0.25, 0.3) is 0 Å². The van der Waals surface area contributed by atoms with Crippen LogP contribution in [0.4, 0.5) is 0 Å². The summed E-state index contributed by atoms with van der Waals surface area (Å²) in [6, 6.07) is 16.4. The third kappa shape index (κ3) is 4.39. The van der Waals surface area contributed by atoms with Crippen molar-refractivity contribution in [3.63, 3.8) is 0 Å². The molecule has 2 heterocycles. The fraction of sp³-hybridized carbons (Fsp3) is 0.409. The van der Waals surface area contributed by atoms with Crippen molar-refractivity contribution in [3.8, 4) is 11.5 Å². The third-order valence-corrected chi connectivity index (χ3v) is 5.07. The number of ether oxygens (including phenoxy) is 3. The number of fused-ring (bicyclic) bond motifs is 1. The number of hydrogen-bond donors (Lipinski definition) is 2. The van der Waals surface area contributed by atoms with E-state index in [0.29, 0.717) is 12.5 Å². The van der Waals surface area contributed by atoms with Crippen molar-refractivity contribution in [1.82, 2.24) is 10.6 Å². The van der Waals surface area contributed by atoms with Gasteiger partial charge in [0.15, 0.2) is 17.5 Å². The SMILES string of the molecule is CCNC(=NCc1ccc2c(c1)OCO2)NCC1CCOC1c1ccccc1. The molecule has 2 aromatic carbocycles. The molecule has 0 bridgehead atoms. The maximum Gasteiger partial charge on any atom is 0.231 e. The molecule has 0 spiro atoms. The van der Waals surface area contributed by atoms with E-state index in [9.17, 15) is 0 Å². The van der Waals surface area contributed by atoms with E-state index < -0.39 is 0 Å². The van der Waals surface area contributed by atoms with Crippen molar-refractivity contribution in [3.05, 3.63) is 59.7 Å². The zero-order chi connectivity index (χ0) is 19.2. The van der Waals surface area contributed by atoms with Crippen LogP contribution >= 0.6 is 0 Å². The predicted molar refractivity (Wildman–Crippen MR) is 109 cm³/mol. The summed E-state index contributed by atoms with van der Waals surface area (Å²) in [6.45, 7) is 5.39. The van der Waals surface area contributed by atoms with E-state index in [2.05, 4.69) is 41.8 Å². The van der Waals surface area contributed by atoms with Gasteiger partial charge in [0.05, 0.1) is 12.6 Å². The number of nitrogens with zero attached hydrogens (tertiary/aromatic N) is 1. The van der Waals surface area contributed by atoms with Crippen LogP contribution in [-0.2, 0) is 11.3 Å². The third-order valence-electron chi connectivity index (χ3n) is 5.07. The largest absolute Gasteiger partial charge is 0.454 e. The molecule has 1 fully saturated rings. The van der Waals surface area contributed by atoms with Gasteiger partial charge in [-0.25, -0.2) is 4.99 Å². The zero-order valence-corrected chi connectivity index (χ0v) is 16.2. The van der Waals surface area contributed by atoms with Crippen LogP contribution in [0.25, 0.3) is 0 Å². The molecule has 6 nitrogen and oxygen atoms in total. The first-order chi connectivity index (χ1) is 13.8. The molecule has 6 heteroatoms. The van der Waals surface area contributed by atoms with Crippen LogP contribution in [0.1, 0.15) is 30.6 Å². The Labute approximate surface area is 165 Å². The van der Waals surface area contributed by atoms with Gasteiger partial charge < -0.3 is 24.8 Å². The Kier molecular flexibility index (Phi) is 5.97. The van der Waals surface area contributed by atoms with E-state index in [-0.39, 0.29) is 12.9 Å². The molecular weight excluding hydrogens is 354 g/mol. The van der Waals surface area contributed by atoms with E-state index in [0.717, 1.165) is 49.1 Å². The molecule has 1 saturated heterocycles. The smallest absolute Gasteiger partial charge is 0.231 e. The highest BCUT2D eigenvalue weighted by molar-refractivity contribution is 5.79. The Bertz CT molecular complexity index is 810. The molecule has 2 atom stereocenters. The van der Waals surface area contributed by atoms with E-state index in [4.69, 9.17) is 19.2 Å². The Balaban J connectivity index is 1.37. The van der Waals surface area contributed by atoms with Crippen LogP contribution in [0.15, 0.2) is 53.5 Å². The minimum atomic E-state index is 0.144. The van der Waals surface area contributed by atoms with Gasteiger partial charge >= 0.3 is 0 Å². The van der Waals surface area contributed by atoms with E-state index in [1.54, 1.807) is 0 Å². The summed E-state index contributed by atoms with van der Waals surface area (Å²) in [5.74, 6) is 2.83. The fourth-order valence-corrected chi connectivity index (χ4v) is 3.63. The predicted octanol–water partition coefficient (Wildman–Crippen LogP) is 3.25. The monoisotopic (exact) mass is 381 g/mol. The van der Waals surface area contributed by atoms with Gasteiger partial charge in [-0.1, -0.05) is 36.4 Å². The molecule has 2 aromatic rings. The molecular formula is C22H27N3O3. The lowest BCUT2D eigenvalue weighted by Gasteiger charge is -2.20. The summed E-state index contributed by atoms with van der Waals surface area (Å²) in [5, 5.41) is 6.81. The minimum Gasteiger partial charge on any atom is -0.454 e. The molecule has 0 saturated carbocycles. The number of rotatable bonds is 6. The molecule has 4 rings (SSSR count). The second-order valence-electron chi connectivity index (χ2n) is 7.01. The van der Waals surface area contributed by atoms with Gasteiger partial charge in [-0.2, -0.15) is 0 Å². The number of aliphatic imine (C=N–C) groups is 1. The van der Waals surface area contributed by atoms with E-state index >= 15 is 0 Å². The van der Waals surface area contributed by atoms with Crippen molar-refractivity contribution < 1.29 is 14.2 Å². The standard InChI is InChI=1S/C22H27N3O3/c1-2-23-22(24-13-16-8-9-19-20(12-16)28-15-27-19)25-14-18-10-11-26-21(18)17-6-4-3-5-7-17/h3-9,12,18,21H,2,10-11,13-15H2,1H3,(H2,23,24,25). The number of benzene rings is 2. The Morgan fingerprint density at radius 1 is 1.07 bits per heavy atom. The van der Waals surface area contributed by atoms with Crippen LogP contribution in [0, 0.1) is 5.92 Å². The summed E-state index contributed by atoms with van der Waals surface area (Å²) in [4.78, 5) is 4.73. The molecule has 28 heavy (non-hydrogen) atoms. The Hall–Kier alpha value is -2.73. The molecule has 0 aromatic heterocycles. The van der Waals surface area contributed by atoms with Gasteiger partial charge in [0.1, 0.15) is 0 Å². The van der Waals surface area contributed by atoms with Crippen molar-refractivity contribution >= 4 is 5.96 Å². The Morgan fingerprint density at radius 2 is 1.93 bits per heavy atom. The van der Waals surface area contributed by atoms with Crippen LogP contribution in [0.5, 0.6) is 11.5 Å². The molecule has 0 aliphatic carbocycles. The van der Waals surface area contributed by atoms with Crippen molar-refractivity contribution in [2.24, 2.45) is 10.9 Å². The first-order valence-corrected chi connectivity index (χ1v) is 9.90. The van der Waals surface area contributed by atoms with Crippen LogP contribution in [0.3, 0.4) is 0 Å². The van der Waals surface area contributed by atoms with Crippen LogP contribution < -0.4 is 20.1 Å². The van der Waals surface area contributed by atoms with Gasteiger partial charge in [0.2, 0.25) is 6.79 Å².